The zero-order valence-electron chi connectivity index (χ0n) is 13.4. The topological polar surface area (TPSA) is 160 Å². The van der Waals surface area contributed by atoms with Crippen molar-refractivity contribution >= 4 is 17.6 Å². The molecule has 0 aliphatic heterocycles. The Morgan fingerprint density at radius 3 is 2.41 bits per heavy atom. The summed E-state index contributed by atoms with van der Waals surface area (Å²) >= 11 is 0. The highest BCUT2D eigenvalue weighted by Crippen LogP contribution is 2.04. The molecule has 0 fully saturated rings. The van der Waals surface area contributed by atoms with Crippen LogP contribution < -0.4 is 27.8 Å². The zero-order valence-corrected chi connectivity index (χ0v) is 13.4. The summed E-state index contributed by atoms with van der Waals surface area (Å²) in [7, 11) is 0. The van der Waals surface area contributed by atoms with E-state index < -0.39 is 12.1 Å². The Morgan fingerprint density at radius 2 is 1.86 bits per heavy atom. The summed E-state index contributed by atoms with van der Waals surface area (Å²) in [5, 5.41) is 12.4. The summed E-state index contributed by atoms with van der Waals surface area (Å²) in [6, 6.07) is -1.15. The monoisotopic (exact) mass is 314 g/mol. The van der Waals surface area contributed by atoms with Gasteiger partial charge in [-0.05, 0) is 32.2 Å². The molecule has 0 saturated carbocycles. The summed E-state index contributed by atoms with van der Waals surface area (Å²) < 4.78 is 0. The number of nitrogens with one attached hydrogen (secondary N) is 3. The van der Waals surface area contributed by atoms with Crippen molar-refractivity contribution in [3.8, 4) is 0 Å². The van der Waals surface area contributed by atoms with Gasteiger partial charge >= 0.3 is 0 Å². The van der Waals surface area contributed by atoms with Crippen LogP contribution in [0.15, 0.2) is 0 Å². The molecule has 0 aliphatic carbocycles. The third kappa shape index (κ3) is 9.30. The Morgan fingerprint density at radius 1 is 1.18 bits per heavy atom. The fourth-order valence-corrected chi connectivity index (χ4v) is 2.01. The molecule has 8 heteroatoms. The molecule has 0 rings (SSSR count). The van der Waals surface area contributed by atoms with Crippen LogP contribution in [-0.2, 0) is 9.59 Å². The summed E-state index contributed by atoms with van der Waals surface area (Å²) in [4.78, 5) is 23.9. The second kappa shape index (κ2) is 11.9. The van der Waals surface area contributed by atoms with E-state index in [9.17, 15) is 9.59 Å². The fourth-order valence-electron chi connectivity index (χ4n) is 2.01. The van der Waals surface area contributed by atoms with Gasteiger partial charge in [-0.2, -0.15) is 0 Å². The van der Waals surface area contributed by atoms with Crippen LogP contribution in [0.2, 0.25) is 0 Å². The van der Waals surface area contributed by atoms with Crippen LogP contribution >= 0.6 is 0 Å². The van der Waals surface area contributed by atoms with Gasteiger partial charge in [-0.25, -0.2) is 0 Å². The predicted molar refractivity (Wildman–Crippen MR) is 87.3 cm³/mol. The summed E-state index contributed by atoms with van der Waals surface area (Å²) in [6.45, 7) is 2.83. The second-order valence-electron chi connectivity index (χ2n) is 5.25. The van der Waals surface area contributed by atoms with Crippen LogP contribution in [0.25, 0.3) is 0 Å². The minimum absolute atomic E-state index is 0.0228. The van der Waals surface area contributed by atoms with Crippen LogP contribution in [-0.4, -0.2) is 42.8 Å². The van der Waals surface area contributed by atoms with Gasteiger partial charge in [-0.15, -0.1) is 0 Å². The number of guanidine groups is 1. The highest BCUT2D eigenvalue weighted by Gasteiger charge is 2.21. The maximum absolute atomic E-state index is 12.0. The molecule has 1 amide bonds. The largest absolute Gasteiger partial charge is 0.370 e. The maximum atomic E-state index is 12.0. The van der Waals surface area contributed by atoms with Gasteiger partial charge in [0.05, 0.1) is 12.1 Å². The van der Waals surface area contributed by atoms with Gasteiger partial charge in [0.1, 0.15) is 0 Å². The van der Waals surface area contributed by atoms with E-state index in [1.165, 1.54) is 0 Å². The van der Waals surface area contributed by atoms with Crippen LogP contribution in [0.4, 0.5) is 0 Å². The zero-order chi connectivity index (χ0) is 17.0. The van der Waals surface area contributed by atoms with Crippen molar-refractivity contribution in [3.05, 3.63) is 0 Å². The van der Waals surface area contributed by atoms with Crippen molar-refractivity contribution in [3.63, 3.8) is 0 Å². The number of amides is 1. The molecule has 128 valence electrons. The summed E-state index contributed by atoms with van der Waals surface area (Å²) in [5.41, 5.74) is 16.4. The quantitative estimate of drug-likeness (QED) is 0.156. The van der Waals surface area contributed by atoms with Gasteiger partial charge in [-0.1, -0.05) is 13.3 Å². The molecule has 0 bridgehead atoms. The Bertz CT molecular complexity index is 361. The molecule has 0 aliphatic rings. The number of Topliss-reactive ketones (excluding diaryl/α,β-unsaturated/α-hetero) is 1. The molecule has 2 atom stereocenters. The predicted octanol–water partition coefficient (Wildman–Crippen LogP) is -0.830. The highest BCUT2D eigenvalue weighted by molar-refractivity contribution is 5.90. The van der Waals surface area contributed by atoms with E-state index in [1.807, 2.05) is 0 Å². The molecule has 0 spiro atoms. The number of unbranched alkanes of at least 4 members (excludes halogenated alkanes) is 1. The van der Waals surface area contributed by atoms with E-state index in [2.05, 4.69) is 10.6 Å². The molecule has 9 N–H and O–H groups in total. The van der Waals surface area contributed by atoms with E-state index in [0.717, 1.165) is 12.8 Å². The number of rotatable bonds is 12. The van der Waals surface area contributed by atoms with Gasteiger partial charge < -0.3 is 27.8 Å². The van der Waals surface area contributed by atoms with Gasteiger partial charge in [-0.3, -0.25) is 15.0 Å². The lowest BCUT2D eigenvalue weighted by Crippen LogP contribution is -2.48. The maximum Gasteiger partial charge on any atom is 0.237 e. The Labute approximate surface area is 132 Å². The minimum atomic E-state index is -0.617. The van der Waals surface area contributed by atoms with E-state index in [4.69, 9.17) is 22.6 Å². The Hall–Kier alpha value is -1.67. The van der Waals surface area contributed by atoms with E-state index in [-0.39, 0.29) is 17.6 Å². The first-order valence-corrected chi connectivity index (χ1v) is 7.79. The highest BCUT2D eigenvalue weighted by atomic mass is 16.2. The van der Waals surface area contributed by atoms with Crippen molar-refractivity contribution < 1.29 is 9.59 Å². The van der Waals surface area contributed by atoms with E-state index >= 15 is 0 Å². The molecular formula is C14H30N6O2. The molecule has 0 aromatic rings. The molecular weight excluding hydrogens is 284 g/mol. The van der Waals surface area contributed by atoms with E-state index in [0.29, 0.717) is 38.8 Å². The van der Waals surface area contributed by atoms with Crippen LogP contribution in [0.3, 0.4) is 0 Å². The first-order valence-electron chi connectivity index (χ1n) is 7.79. The molecule has 2 unspecified atom stereocenters. The number of ketones is 1. The smallest absolute Gasteiger partial charge is 0.237 e. The standard InChI is InChI=1S/C14H30N6O2/c1-2-12(21)11(7-5-9-19-14(17)18)20-13(22)10(16)6-3-4-8-15/h10-11H,2-9,15-16H2,1H3,(H,20,22)(H4,17,18,19). The normalized spacial score (nSPS) is 13.2. The number of hydrogen-bond donors (Lipinski definition) is 6. The number of hydrogen-bond acceptors (Lipinski definition) is 5. The first kappa shape index (κ1) is 20.3. The lowest BCUT2D eigenvalue weighted by molar-refractivity contribution is -0.128. The van der Waals surface area contributed by atoms with Gasteiger partial charge in [0.25, 0.3) is 0 Å². The lowest BCUT2D eigenvalue weighted by Gasteiger charge is -2.20. The third-order valence-electron chi connectivity index (χ3n) is 3.34. The minimum Gasteiger partial charge on any atom is -0.370 e. The second-order valence-corrected chi connectivity index (χ2v) is 5.25. The van der Waals surface area contributed by atoms with Gasteiger partial charge in [0.15, 0.2) is 11.7 Å². The Balaban J connectivity index is 4.29. The number of carbonyl (C=O) groups is 2. The van der Waals surface area contributed by atoms with Crippen LogP contribution in [0.1, 0.15) is 45.4 Å². The van der Waals surface area contributed by atoms with Crippen molar-refractivity contribution in [2.45, 2.75) is 57.5 Å². The third-order valence-corrected chi connectivity index (χ3v) is 3.34. The summed E-state index contributed by atoms with van der Waals surface area (Å²) in [6.07, 6.45) is 3.65. The van der Waals surface area contributed by atoms with Crippen molar-refractivity contribution in [2.24, 2.45) is 17.2 Å². The van der Waals surface area contributed by atoms with Gasteiger partial charge in [0.2, 0.25) is 5.91 Å². The van der Waals surface area contributed by atoms with Crippen molar-refractivity contribution in [1.82, 2.24) is 10.6 Å². The Kier molecular flexibility index (Phi) is 11.0. The molecule has 22 heavy (non-hydrogen) atoms. The molecule has 0 saturated heterocycles. The van der Waals surface area contributed by atoms with Crippen LogP contribution in [0.5, 0.6) is 0 Å². The van der Waals surface area contributed by atoms with Crippen LogP contribution in [0, 0.1) is 5.41 Å². The summed E-state index contributed by atoms with van der Waals surface area (Å²) in [5.74, 6) is -0.432. The SMILES string of the molecule is CCC(=O)C(CCCNC(=N)N)NC(=O)C(N)CCCCN. The average Bonchev–Trinajstić information content (AvgIpc) is 2.49. The van der Waals surface area contributed by atoms with E-state index in [1.54, 1.807) is 6.92 Å². The number of nitrogens with two attached hydrogens (primary N) is 3. The molecule has 0 heterocycles. The molecule has 0 aromatic carbocycles. The first-order chi connectivity index (χ1) is 10.4. The van der Waals surface area contributed by atoms with Crippen molar-refractivity contribution in [2.75, 3.05) is 13.1 Å². The van der Waals surface area contributed by atoms with Gasteiger partial charge in [0, 0.05) is 13.0 Å². The average molecular weight is 314 g/mol. The number of carbonyl (C=O) groups excluding carboxylic acids is 2. The molecule has 0 aromatic heterocycles. The fraction of sp³-hybridized carbons (Fsp3) is 0.786. The van der Waals surface area contributed by atoms with Crippen molar-refractivity contribution in [1.29, 1.82) is 5.41 Å². The molecule has 8 nitrogen and oxygen atoms in total. The molecule has 0 radical (unpaired) electrons. The lowest BCUT2D eigenvalue weighted by atomic mass is 10.0.